The molecule has 0 saturated heterocycles. The van der Waals surface area contributed by atoms with E-state index in [9.17, 15) is 18.7 Å². The van der Waals surface area contributed by atoms with Crippen molar-refractivity contribution in [3.63, 3.8) is 0 Å². The number of halogens is 2. The molecule has 1 aromatic carbocycles. The molecule has 3 aromatic rings. The summed E-state index contributed by atoms with van der Waals surface area (Å²) in [5.74, 6) is -1.92. The van der Waals surface area contributed by atoms with Gasteiger partial charge in [0.15, 0.2) is 23.0 Å². The van der Waals surface area contributed by atoms with E-state index in [0.29, 0.717) is 29.2 Å². The van der Waals surface area contributed by atoms with E-state index in [4.69, 9.17) is 4.74 Å². The van der Waals surface area contributed by atoms with Crippen LogP contribution in [0.4, 0.5) is 8.78 Å². The van der Waals surface area contributed by atoms with Crippen molar-refractivity contribution in [3.8, 4) is 5.75 Å². The number of carbonyl (C=O) groups excluding carboxylic acids is 1. The third kappa shape index (κ3) is 3.82. The Kier molecular flexibility index (Phi) is 5.89. The van der Waals surface area contributed by atoms with Gasteiger partial charge in [-0.15, -0.1) is 0 Å². The van der Waals surface area contributed by atoms with Gasteiger partial charge in [0.25, 0.3) is 5.91 Å². The Bertz CT molecular complexity index is 1000. The third-order valence-electron chi connectivity index (χ3n) is 4.47. The van der Waals surface area contributed by atoms with Crippen LogP contribution in [0.5, 0.6) is 5.75 Å². The van der Waals surface area contributed by atoms with Crippen LogP contribution in [0.2, 0.25) is 0 Å². The van der Waals surface area contributed by atoms with E-state index < -0.39 is 11.6 Å². The first-order valence-corrected chi connectivity index (χ1v) is 8.91. The second kappa shape index (κ2) is 8.35. The SMILES string of the molecule is CCC(CO)NC(=O)c1c(C)nc2c(OCc3cccc(F)c3F)cccn12. The predicted octanol–water partition coefficient (Wildman–Crippen LogP) is 3.00. The highest BCUT2D eigenvalue weighted by molar-refractivity contribution is 5.95. The number of aromatic nitrogens is 2. The van der Waals surface area contributed by atoms with Crippen LogP contribution in [-0.4, -0.2) is 33.0 Å². The molecule has 2 N–H and O–H groups in total. The molecule has 0 aliphatic rings. The lowest BCUT2D eigenvalue weighted by atomic mass is 10.2. The van der Waals surface area contributed by atoms with Gasteiger partial charge < -0.3 is 15.2 Å². The average Bonchev–Trinajstić information content (AvgIpc) is 3.03. The Labute approximate surface area is 160 Å². The summed E-state index contributed by atoms with van der Waals surface area (Å²) in [6, 6.07) is 6.85. The number of imidazole rings is 1. The molecule has 6 nitrogen and oxygen atoms in total. The molecule has 8 heteroatoms. The molecule has 148 valence electrons. The van der Waals surface area contributed by atoms with Gasteiger partial charge in [0.1, 0.15) is 12.3 Å². The average molecular weight is 389 g/mol. The smallest absolute Gasteiger partial charge is 0.270 e. The van der Waals surface area contributed by atoms with Crippen LogP contribution < -0.4 is 10.1 Å². The fraction of sp³-hybridized carbons (Fsp3) is 0.300. The standard InChI is InChI=1S/C20H21F2N3O3/c1-3-14(10-26)24-20(27)18-12(2)23-19-16(8-5-9-25(18)19)28-11-13-6-4-7-15(21)17(13)22/h4-9,14,26H,3,10-11H2,1-2H3,(H,24,27). The molecule has 0 aliphatic heterocycles. The first kappa shape index (κ1) is 19.8. The number of fused-ring (bicyclic) bond motifs is 1. The van der Waals surface area contributed by atoms with E-state index in [0.717, 1.165) is 6.07 Å². The van der Waals surface area contributed by atoms with Gasteiger partial charge in [-0.3, -0.25) is 9.20 Å². The van der Waals surface area contributed by atoms with Crippen LogP contribution in [-0.2, 0) is 6.61 Å². The molecule has 0 radical (unpaired) electrons. The summed E-state index contributed by atoms with van der Waals surface area (Å²) >= 11 is 0. The lowest BCUT2D eigenvalue weighted by Crippen LogP contribution is -2.37. The van der Waals surface area contributed by atoms with Gasteiger partial charge in [-0.2, -0.15) is 0 Å². The molecule has 1 amide bonds. The van der Waals surface area contributed by atoms with Gasteiger partial charge in [-0.25, -0.2) is 13.8 Å². The summed E-state index contributed by atoms with van der Waals surface area (Å²) in [6.45, 7) is 3.21. The summed E-state index contributed by atoms with van der Waals surface area (Å²) in [6.07, 6.45) is 2.26. The zero-order chi connectivity index (χ0) is 20.3. The number of hydrogen-bond acceptors (Lipinski definition) is 4. The van der Waals surface area contributed by atoms with Gasteiger partial charge in [0, 0.05) is 11.8 Å². The highest BCUT2D eigenvalue weighted by atomic mass is 19.2. The number of rotatable bonds is 7. The lowest BCUT2D eigenvalue weighted by molar-refractivity contribution is 0.0908. The van der Waals surface area contributed by atoms with Crippen LogP contribution >= 0.6 is 0 Å². The zero-order valence-electron chi connectivity index (χ0n) is 15.6. The predicted molar refractivity (Wildman–Crippen MR) is 99.3 cm³/mol. The highest BCUT2D eigenvalue weighted by Crippen LogP contribution is 2.24. The van der Waals surface area contributed by atoms with E-state index in [2.05, 4.69) is 10.3 Å². The van der Waals surface area contributed by atoms with E-state index >= 15 is 0 Å². The second-order valence-electron chi connectivity index (χ2n) is 6.37. The van der Waals surface area contributed by atoms with Gasteiger partial charge >= 0.3 is 0 Å². The van der Waals surface area contributed by atoms with Crippen molar-refractivity contribution in [1.82, 2.24) is 14.7 Å². The number of aliphatic hydroxyl groups is 1. The van der Waals surface area contributed by atoms with Crippen LogP contribution in [0.25, 0.3) is 5.65 Å². The Morgan fingerprint density at radius 3 is 2.82 bits per heavy atom. The fourth-order valence-corrected chi connectivity index (χ4v) is 2.89. The maximum Gasteiger partial charge on any atom is 0.270 e. The van der Waals surface area contributed by atoms with Gasteiger partial charge in [-0.1, -0.05) is 19.1 Å². The van der Waals surface area contributed by atoms with Crippen LogP contribution in [0.1, 0.15) is 35.1 Å². The number of hydrogen-bond donors (Lipinski definition) is 2. The largest absolute Gasteiger partial charge is 0.485 e. The normalized spacial score (nSPS) is 12.2. The van der Waals surface area contributed by atoms with Crippen LogP contribution in [0.15, 0.2) is 36.5 Å². The zero-order valence-corrected chi connectivity index (χ0v) is 15.6. The van der Waals surface area contributed by atoms with Crippen LogP contribution in [0.3, 0.4) is 0 Å². The Morgan fingerprint density at radius 2 is 2.11 bits per heavy atom. The summed E-state index contributed by atoms with van der Waals surface area (Å²) in [5.41, 5.74) is 1.28. The van der Waals surface area contributed by atoms with E-state index in [1.807, 2.05) is 6.92 Å². The Hall–Kier alpha value is -3.00. The number of aliphatic hydroxyl groups excluding tert-OH is 1. The summed E-state index contributed by atoms with van der Waals surface area (Å²) < 4.78 is 34.4. The van der Waals surface area contributed by atoms with E-state index in [-0.39, 0.29) is 30.7 Å². The van der Waals surface area contributed by atoms with Crippen molar-refractivity contribution in [2.45, 2.75) is 32.9 Å². The summed E-state index contributed by atoms with van der Waals surface area (Å²) in [4.78, 5) is 17.0. The highest BCUT2D eigenvalue weighted by Gasteiger charge is 2.21. The number of amides is 1. The number of benzene rings is 1. The van der Waals surface area contributed by atoms with Crippen LogP contribution in [0, 0.1) is 18.6 Å². The minimum atomic E-state index is -0.955. The Balaban J connectivity index is 1.89. The van der Waals surface area contributed by atoms with Crippen molar-refractivity contribution in [3.05, 3.63) is 65.1 Å². The molecule has 1 unspecified atom stereocenters. The quantitative estimate of drug-likeness (QED) is 0.651. The minimum absolute atomic E-state index is 0.0805. The molecule has 0 fully saturated rings. The molecule has 28 heavy (non-hydrogen) atoms. The Morgan fingerprint density at radius 1 is 1.32 bits per heavy atom. The second-order valence-corrected chi connectivity index (χ2v) is 6.37. The molecule has 3 rings (SSSR count). The number of nitrogens with zero attached hydrogens (tertiary/aromatic N) is 2. The monoisotopic (exact) mass is 389 g/mol. The fourth-order valence-electron chi connectivity index (χ4n) is 2.89. The third-order valence-corrected chi connectivity index (χ3v) is 4.47. The molecule has 0 aliphatic carbocycles. The molecule has 2 aromatic heterocycles. The number of nitrogens with one attached hydrogen (secondary N) is 1. The molecule has 0 spiro atoms. The van der Waals surface area contributed by atoms with E-state index in [1.54, 1.807) is 29.7 Å². The van der Waals surface area contributed by atoms with Crippen molar-refractivity contribution < 1.29 is 23.4 Å². The van der Waals surface area contributed by atoms with Crippen molar-refractivity contribution in [2.24, 2.45) is 0 Å². The maximum absolute atomic E-state index is 13.8. The lowest BCUT2D eigenvalue weighted by Gasteiger charge is -2.14. The molecular formula is C20H21F2N3O3. The summed E-state index contributed by atoms with van der Waals surface area (Å²) in [7, 11) is 0. The number of ether oxygens (including phenoxy) is 1. The maximum atomic E-state index is 13.8. The van der Waals surface area contributed by atoms with Crippen molar-refractivity contribution >= 4 is 11.6 Å². The first-order chi connectivity index (χ1) is 13.5. The first-order valence-electron chi connectivity index (χ1n) is 8.91. The minimum Gasteiger partial charge on any atom is -0.485 e. The topological polar surface area (TPSA) is 75.9 Å². The summed E-state index contributed by atoms with van der Waals surface area (Å²) in [5, 5.41) is 12.1. The molecule has 2 heterocycles. The molecule has 0 bridgehead atoms. The van der Waals surface area contributed by atoms with Crippen molar-refractivity contribution in [2.75, 3.05) is 6.61 Å². The molecule has 0 saturated carbocycles. The number of carbonyl (C=O) groups is 1. The number of pyridine rings is 1. The molecular weight excluding hydrogens is 368 g/mol. The molecule has 1 atom stereocenters. The van der Waals surface area contributed by atoms with Gasteiger partial charge in [0.2, 0.25) is 0 Å². The van der Waals surface area contributed by atoms with Gasteiger partial charge in [0.05, 0.1) is 18.3 Å². The van der Waals surface area contributed by atoms with E-state index in [1.165, 1.54) is 12.1 Å². The number of aryl methyl sites for hydroxylation is 1. The van der Waals surface area contributed by atoms with Gasteiger partial charge in [-0.05, 0) is 31.5 Å². The van der Waals surface area contributed by atoms with Crippen molar-refractivity contribution in [1.29, 1.82) is 0 Å².